The lowest BCUT2D eigenvalue weighted by Gasteiger charge is -2.04. The van der Waals surface area contributed by atoms with Crippen LogP contribution in [0.2, 0.25) is 10.0 Å². The molecule has 12 heavy (non-hydrogen) atoms. The van der Waals surface area contributed by atoms with Gasteiger partial charge in [-0.05, 0) is 17.6 Å². The SMILES string of the molecule is COB(O)c1ccc(Cl)c(Cl)c1. The molecule has 5 heteroatoms. The average molecular weight is 205 g/mol. The zero-order valence-electron chi connectivity index (χ0n) is 6.42. The molecule has 1 N–H and O–H groups in total. The van der Waals surface area contributed by atoms with E-state index in [1.54, 1.807) is 18.2 Å². The summed E-state index contributed by atoms with van der Waals surface area (Å²) in [6.45, 7) is 0. The van der Waals surface area contributed by atoms with E-state index < -0.39 is 7.12 Å². The van der Waals surface area contributed by atoms with Gasteiger partial charge in [-0.3, -0.25) is 0 Å². The van der Waals surface area contributed by atoms with Crippen LogP contribution in [0, 0.1) is 0 Å². The van der Waals surface area contributed by atoms with E-state index in [1.807, 2.05) is 0 Å². The molecular weight excluding hydrogens is 198 g/mol. The third kappa shape index (κ3) is 2.14. The molecule has 64 valence electrons. The van der Waals surface area contributed by atoms with Crippen LogP contribution in [0.5, 0.6) is 0 Å². The third-order valence-electron chi connectivity index (χ3n) is 1.45. The zero-order chi connectivity index (χ0) is 9.14. The van der Waals surface area contributed by atoms with Crippen molar-refractivity contribution in [1.29, 1.82) is 0 Å². The molecule has 0 aliphatic rings. The zero-order valence-corrected chi connectivity index (χ0v) is 7.93. The Hall–Kier alpha value is -0.215. The van der Waals surface area contributed by atoms with E-state index in [1.165, 1.54) is 7.11 Å². The monoisotopic (exact) mass is 204 g/mol. The highest BCUT2D eigenvalue weighted by atomic mass is 35.5. The Labute approximate surface area is 81.2 Å². The number of halogens is 2. The van der Waals surface area contributed by atoms with Gasteiger partial charge in [0.2, 0.25) is 0 Å². The van der Waals surface area contributed by atoms with E-state index in [4.69, 9.17) is 23.2 Å². The van der Waals surface area contributed by atoms with Crippen LogP contribution >= 0.6 is 23.2 Å². The van der Waals surface area contributed by atoms with Gasteiger partial charge in [0.1, 0.15) is 0 Å². The lowest BCUT2D eigenvalue weighted by molar-refractivity contribution is 0.341. The van der Waals surface area contributed by atoms with Gasteiger partial charge in [0.05, 0.1) is 10.0 Å². The fourth-order valence-corrected chi connectivity index (χ4v) is 1.11. The van der Waals surface area contributed by atoms with Crippen molar-refractivity contribution in [3.05, 3.63) is 28.2 Å². The van der Waals surface area contributed by atoms with E-state index in [0.717, 1.165) is 0 Å². The van der Waals surface area contributed by atoms with Crippen molar-refractivity contribution >= 4 is 35.8 Å². The number of hydrogen-bond acceptors (Lipinski definition) is 2. The van der Waals surface area contributed by atoms with Crippen molar-refractivity contribution in [2.45, 2.75) is 0 Å². The highest BCUT2D eigenvalue weighted by Crippen LogP contribution is 2.19. The van der Waals surface area contributed by atoms with Crippen molar-refractivity contribution in [2.75, 3.05) is 7.11 Å². The van der Waals surface area contributed by atoms with Crippen molar-refractivity contribution in [1.82, 2.24) is 0 Å². The van der Waals surface area contributed by atoms with Gasteiger partial charge in [0.15, 0.2) is 0 Å². The first kappa shape index (κ1) is 9.87. The van der Waals surface area contributed by atoms with Crippen molar-refractivity contribution < 1.29 is 9.68 Å². The molecule has 0 bridgehead atoms. The van der Waals surface area contributed by atoms with Crippen LogP contribution in [-0.2, 0) is 4.65 Å². The Bertz CT molecular complexity index is 280. The molecule has 0 spiro atoms. The summed E-state index contributed by atoms with van der Waals surface area (Å²) >= 11 is 11.4. The molecule has 0 saturated carbocycles. The normalized spacial score (nSPS) is 10.0. The van der Waals surface area contributed by atoms with Crippen LogP contribution in [0.4, 0.5) is 0 Å². The van der Waals surface area contributed by atoms with Crippen molar-refractivity contribution in [3.63, 3.8) is 0 Å². The predicted octanol–water partition coefficient (Wildman–Crippen LogP) is 1.33. The lowest BCUT2D eigenvalue weighted by Crippen LogP contribution is -2.32. The second kappa shape index (κ2) is 4.14. The number of rotatable bonds is 2. The van der Waals surface area contributed by atoms with E-state index in [0.29, 0.717) is 15.5 Å². The quantitative estimate of drug-likeness (QED) is 0.737. The lowest BCUT2D eigenvalue weighted by atomic mass is 9.80. The highest BCUT2D eigenvalue weighted by molar-refractivity contribution is 6.60. The van der Waals surface area contributed by atoms with Gasteiger partial charge in [0, 0.05) is 7.11 Å². The van der Waals surface area contributed by atoms with E-state index in [2.05, 4.69) is 4.65 Å². The summed E-state index contributed by atoms with van der Waals surface area (Å²) < 4.78 is 4.68. The molecule has 1 aromatic rings. The van der Waals surface area contributed by atoms with E-state index in [-0.39, 0.29) is 0 Å². The predicted molar refractivity (Wildman–Crippen MR) is 51.1 cm³/mol. The standard InChI is InChI=1S/C7H7BCl2O2/c1-12-8(11)5-2-3-6(9)7(10)4-5/h2-4,11H,1H3. The summed E-state index contributed by atoms with van der Waals surface area (Å²) in [5.74, 6) is 0. The minimum Gasteiger partial charge on any atom is -0.423 e. The third-order valence-corrected chi connectivity index (χ3v) is 2.19. The molecule has 2 nitrogen and oxygen atoms in total. The molecule has 0 aliphatic heterocycles. The molecule has 0 unspecified atom stereocenters. The summed E-state index contributed by atoms with van der Waals surface area (Å²) in [4.78, 5) is 0. The maximum absolute atomic E-state index is 9.22. The van der Waals surface area contributed by atoms with Gasteiger partial charge in [-0.25, -0.2) is 0 Å². The van der Waals surface area contributed by atoms with Gasteiger partial charge in [-0.2, -0.15) is 0 Å². The number of benzene rings is 1. The van der Waals surface area contributed by atoms with Gasteiger partial charge in [-0.15, -0.1) is 0 Å². The molecule has 0 saturated heterocycles. The second-order valence-electron chi connectivity index (χ2n) is 2.26. The average Bonchev–Trinajstić information content (AvgIpc) is 2.08. The largest absolute Gasteiger partial charge is 0.490 e. The maximum atomic E-state index is 9.22. The summed E-state index contributed by atoms with van der Waals surface area (Å²) in [5, 5.41) is 10.1. The van der Waals surface area contributed by atoms with Gasteiger partial charge >= 0.3 is 7.12 Å². The molecule has 0 amide bonds. The van der Waals surface area contributed by atoms with Gasteiger partial charge in [0.25, 0.3) is 0 Å². The first-order valence-corrected chi connectivity index (χ1v) is 4.06. The maximum Gasteiger partial charge on any atom is 0.490 e. The molecule has 0 radical (unpaired) electrons. The van der Waals surface area contributed by atoms with Crippen LogP contribution < -0.4 is 5.46 Å². The highest BCUT2D eigenvalue weighted by Gasteiger charge is 2.14. The first-order valence-electron chi connectivity index (χ1n) is 3.31. The number of hydrogen-bond donors (Lipinski definition) is 1. The van der Waals surface area contributed by atoms with E-state index in [9.17, 15) is 5.02 Å². The molecule has 0 fully saturated rings. The van der Waals surface area contributed by atoms with Crippen LogP contribution in [0.25, 0.3) is 0 Å². The van der Waals surface area contributed by atoms with Crippen LogP contribution in [0.15, 0.2) is 18.2 Å². The van der Waals surface area contributed by atoms with Crippen molar-refractivity contribution in [2.24, 2.45) is 0 Å². The van der Waals surface area contributed by atoms with Crippen LogP contribution in [0.1, 0.15) is 0 Å². The molecule has 0 aromatic heterocycles. The van der Waals surface area contributed by atoms with Gasteiger partial charge < -0.3 is 9.68 Å². The van der Waals surface area contributed by atoms with Crippen LogP contribution in [0.3, 0.4) is 0 Å². The van der Waals surface area contributed by atoms with E-state index >= 15 is 0 Å². The van der Waals surface area contributed by atoms with Crippen molar-refractivity contribution in [3.8, 4) is 0 Å². The molecule has 1 rings (SSSR count). The second-order valence-corrected chi connectivity index (χ2v) is 3.08. The summed E-state index contributed by atoms with van der Waals surface area (Å²) in [6, 6.07) is 4.84. The van der Waals surface area contributed by atoms with Crippen LogP contribution in [-0.4, -0.2) is 19.3 Å². The molecule has 1 aromatic carbocycles. The Morgan fingerprint density at radius 1 is 1.33 bits per heavy atom. The summed E-state index contributed by atoms with van der Waals surface area (Å²) in [7, 11) is 0.465. The smallest absolute Gasteiger partial charge is 0.423 e. The Balaban J connectivity index is 2.96. The molecule has 0 heterocycles. The Morgan fingerprint density at radius 3 is 2.50 bits per heavy atom. The summed E-state index contributed by atoms with van der Waals surface area (Å²) in [6.07, 6.45) is 0. The molecule has 0 atom stereocenters. The fraction of sp³-hybridized carbons (Fsp3) is 0.143. The fourth-order valence-electron chi connectivity index (χ4n) is 0.802. The topological polar surface area (TPSA) is 29.5 Å². The molecule has 0 aliphatic carbocycles. The minimum atomic E-state index is -0.945. The molecular formula is C7H7BCl2O2. The Kier molecular flexibility index (Phi) is 3.41. The Morgan fingerprint density at radius 2 is 2.00 bits per heavy atom. The first-order chi connectivity index (χ1) is 5.65. The minimum absolute atomic E-state index is 0.408. The summed E-state index contributed by atoms with van der Waals surface area (Å²) in [5.41, 5.74) is 0.590. The van der Waals surface area contributed by atoms with Gasteiger partial charge in [-0.1, -0.05) is 29.3 Å².